The number of hydrogen-bond donors (Lipinski definition) is 2. The van der Waals surface area contributed by atoms with Crippen LogP contribution in [0, 0.1) is 0 Å². The van der Waals surface area contributed by atoms with E-state index in [4.69, 9.17) is 0 Å². The second-order valence-electron chi connectivity index (χ2n) is 7.13. The van der Waals surface area contributed by atoms with E-state index in [9.17, 15) is 18.0 Å². The topological polar surface area (TPSA) is 78.8 Å². The van der Waals surface area contributed by atoms with E-state index in [1.165, 1.54) is 10.7 Å². The van der Waals surface area contributed by atoms with Crippen molar-refractivity contribution in [1.29, 1.82) is 0 Å². The number of nitrogens with one attached hydrogen (secondary N) is 2. The van der Waals surface area contributed by atoms with Crippen molar-refractivity contribution < 1.29 is 13.2 Å². The number of para-hydroxylation sites is 1. The monoisotopic (exact) mass is 414 g/mol. The van der Waals surface area contributed by atoms with Crippen molar-refractivity contribution >= 4 is 27.6 Å². The molecule has 1 aliphatic rings. The minimum atomic E-state index is -4.54. The van der Waals surface area contributed by atoms with Gasteiger partial charge < -0.3 is 15.2 Å². The first-order valence-electron chi connectivity index (χ1n) is 9.47. The maximum absolute atomic E-state index is 13.9. The van der Waals surface area contributed by atoms with Gasteiger partial charge in [0.05, 0.1) is 16.8 Å². The van der Waals surface area contributed by atoms with Gasteiger partial charge in [0, 0.05) is 37.3 Å². The predicted octanol–water partition coefficient (Wildman–Crippen LogP) is 2.69. The first kappa shape index (κ1) is 18.6. The molecule has 0 bridgehead atoms. The van der Waals surface area contributed by atoms with Gasteiger partial charge in [-0.15, -0.1) is 5.10 Å². The van der Waals surface area contributed by atoms with E-state index in [0.717, 1.165) is 6.07 Å². The first-order chi connectivity index (χ1) is 14.4. The summed E-state index contributed by atoms with van der Waals surface area (Å²) in [6.45, 7) is 2.24. The molecule has 0 atom stereocenters. The van der Waals surface area contributed by atoms with Gasteiger partial charge in [-0.2, -0.15) is 13.2 Å². The lowest BCUT2D eigenvalue weighted by atomic mass is 10.1. The molecule has 7 nitrogen and oxygen atoms in total. The number of alkyl halides is 3. The number of halogens is 3. The van der Waals surface area contributed by atoms with Gasteiger partial charge >= 0.3 is 6.18 Å². The Bertz CT molecular complexity index is 1300. The lowest BCUT2D eigenvalue weighted by Gasteiger charge is -2.31. The quantitative estimate of drug-likeness (QED) is 0.527. The van der Waals surface area contributed by atoms with Gasteiger partial charge in [0.1, 0.15) is 5.52 Å². The molecule has 2 N–H and O–H groups in total. The molecule has 0 radical (unpaired) electrons. The number of piperazine rings is 1. The third-order valence-electron chi connectivity index (χ3n) is 5.30. The zero-order valence-corrected chi connectivity index (χ0v) is 15.7. The van der Waals surface area contributed by atoms with Crippen LogP contribution in [0.15, 0.2) is 47.3 Å². The highest BCUT2D eigenvalue weighted by Crippen LogP contribution is 2.38. The molecule has 1 fully saturated rings. The Balaban J connectivity index is 1.73. The van der Waals surface area contributed by atoms with Crippen LogP contribution in [0.25, 0.3) is 27.6 Å². The smallest absolute Gasteiger partial charge is 0.368 e. The number of anilines is 1. The molecular formula is C20H17F3N6O. The number of fused-ring (bicyclic) bond motifs is 3. The van der Waals surface area contributed by atoms with Gasteiger partial charge in [-0.3, -0.25) is 4.79 Å². The van der Waals surface area contributed by atoms with Crippen LogP contribution in [-0.4, -0.2) is 46.2 Å². The molecule has 0 spiro atoms. The molecule has 0 saturated carbocycles. The summed E-state index contributed by atoms with van der Waals surface area (Å²) < 4.78 is 43.0. The van der Waals surface area contributed by atoms with Gasteiger partial charge in [0.2, 0.25) is 0 Å². The molecule has 1 aliphatic heterocycles. The number of aromatic amines is 1. The first-order valence-corrected chi connectivity index (χ1v) is 9.47. The number of hydrogen-bond acceptors (Lipinski definition) is 5. The number of pyridine rings is 1. The summed E-state index contributed by atoms with van der Waals surface area (Å²) in [5.74, 6) is 0. The molecule has 4 aromatic rings. The summed E-state index contributed by atoms with van der Waals surface area (Å²) in [5, 5.41) is 11.7. The van der Waals surface area contributed by atoms with E-state index in [-0.39, 0.29) is 16.9 Å². The Morgan fingerprint density at radius 1 is 1.03 bits per heavy atom. The van der Waals surface area contributed by atoms with E-state index in [1.807, 2.05) is 0 Å². The Labute approximate surface area is 168 Å². The predicted molar refractivity (Wildman–Crippen MR) is 107 cm³/mol. The Kier molecular flexibility index (Phi) is 4.24. The third kappa shape index (κ3) is 3.00. The SMILES string of the molecule is O=c1[nH]c2ccccc2c2c1nnn2-c1ccc(N2CCNCC2)c(C(F)(F)F)c1. The number of aromatic nitrogens is 4. The van der Waals surface area contributed by atoms with Crippen LogP contribution in [0.1, 0.15) is 5.56 Å². The van der Waals surface area contributed by atoms with Crippen LogP contribution >= 0.6 is 0 Å². The van der Waals surface area contributed by atoms with Crippen molar-refractivity contribution in [3.63, 3.8) is 0 Å². The molecule has 0 amide bonds. The third-order valence-corrected chi connectivity index (χ3v) is 5.30. The Morgan fingerprint density at radius 3 is 2.57 bits per heavy atom. The van der Waals surface area contributed by atoms with Crippen LogP contribution in [0.3, 0.4) is 0 Å². The van der Waals surface area contributed by atoms with Crippen molar-refractivity contribution in [3.8, 4) is 5.69 Å². The Morgan fingerprint density at radius 2 is 1.80 bits per heavy atom. The minimum absolute atomic E-state index is 0.0773. The summed E-state index contributed by atoms with van der Waals surface area (Å²) in [6, 6.07) is 11.2. The zero-order chi connectivity index (χ0) is 20.9. The zero-order valence-electron chi connectivity index (χ0n) is 15.7. The number of nitrogens with zero attached hydrogens (tertiary/aromatic N) is 4. The van der Waals surface area contributed by atoms with E-state index in [2.05, 4.69) is 20.6 Å². The highest BCUT2D eigenvalue weighted by Gasteiger charge is 2.36. The largest absolute Gasteiger partial charge is 0.418 e. The number of rotatable bonds is 2. The molecule has 0 unspecified atom stereocenters. The fourth-order valence-electron chi connectivity index (χ4n) is 3.90. The summed E-state index contributed by atoms with van der Waals surface area (Å²) in [5.41, 5.74) is 0.167. The van der Waals surface area contributed by atoms with Crippen molar-refractivity contribution in [2.24, 2.45) is 0 Å². The molecule has 5 rings (SSSR count). The summed E-state index contributed by atoms with van der Waals surface area (Å²) >= 11 is 0. The second-order valence-corrected chi connectivity index (χ2v) is 7.13. The van der Waals surface area contributed by atoms with Crippen LogP contribution < -0.4 is 15.8 Å². The van der Waals surface area contributed by atoms with Crippen molar-refractivity contribution in [2.75, 3.05) is 31.1 Å². The summed E-state index contributed by atoms with van der Waals surface area (Å²) in [6.07, 6.45) is -4.54. The van der Waals surface area contributed by atoms with Crippen molar-refractivity contribution in [3.05, 3.63) is 58.4 Å². The standard InChI is InChI=1S/C20H17F3N6O/c21-20(22,23)14-11-12(5-6-16(14)28-9-7-24-8-10-28)29-18-13-3-1-2-4-15(13)25-19(30)17(18)26-27-29/h1-6,11,24H,7-10H2,(H,25,30). The van der Waals surface area contributed by atoms with Crippen LogP contribution in [0.5, 0.6) is 0 Å². The molecule has 2 aromatic carbocycles. The molecule has 1 saturated heterocycles. The Hall–Kier alpha value is -3.40. The average molecular weight is 414 g/mol. The minimum Gasteiger partial charge on any atom is -0.368 e. The molecule has 10 heteroatoms. The maximum atomic E-state index is 13.9. The second kappa shape index (κ2) is 6.84. The van der Waals surface area contributed by atoms with Crippen LogP contribution in [-0.2, 0) is 6.18 Å². The average Bonchev–Trinajstić information content (AvgIpc) is 3.20. The summed E-state index contributed by atoms with van der Waals surface area (Å²) in [7, 11) is 0. The molecule has 3 heterocycles. The molecular weight excluding hydrogens is 397 g/mol. The summed E-state index contributed by atoms with van der Waals surface area (Å²) in [4.78, 5) is 16.8. The lowest BCUT2D eigenvalue weighted by Crippen LogP contribution is -2.44. The highest BCUT2D eigenvalue weighted by atomic mass is 19.4. The fraction of sp³-hybridized carbons (Fsp3) is 0.250. The van der Waals surface area contributed by atoms with Crippen molar-refractivity contribution in [2.45, 2.75) is 6.18 Å². The van der Waals surface area contributed by atoms with E-state index >= 15 is 0 Å². The molecule has 0 aliphatic carbocycles. The van der Waals surface area contributed by atoms with E-state index < -0.39 is 17.3 Å². The maximum Gasteiger partial charge on any atom is 0.418 e. The van der Waals surface area contributed by atoms with E-state index in [1.54, 1.807) is 35.2 Å². The number of H-pyrrole nitrogens is 1. The van der Waals surface area contributed by atoms with E-state index in [0.29, 0.717) is 42.6 Å². The van der Waals surface area contributed by atoms with Crippen LogP contribution in [0.4, 0.5) is 18.9 Å². The van der Waals surface area contributed by atoms with Gasteiger partial charge in [-0.05, 0) is 24.3 Å². The van der Waals surface area contributed by atoms with Gasteiger partial charge in [-0.1, -0.05) is 23.4 Å². The van der Waals surface area contributed by atoms with Gasteiger partial charge in [0.25, 0.3) is 5.56 Å². The number of benzene rings is 2. The molecule has 154 valence electrons. The lowest BCUT2D eigenvalue weighted by molar-refractivity contribution is -0.137. The fourth-order valence-corrected chi connectivity index (χ4v) is 3.90. The molecule has 2 aromatic heterocycles. The highest BCUT2D eigenvalue weighted by molar-refractivity contribution is 6.02. The van der Waals surface area contributed by atoms with Gasteiger partial charge in [0.15, 0.2) is 5.52 Å². The van der Waals surface area contributed by atoms with Gasteiger partial charge in [-0.25, -0.2) is 4.68 Å². The normalized spacial score (nSPS) is 15.2. The molecule has 30 heavy (non-hydrogen) atoms. The van der Waals surface area contributed by atoms with Crippen molar-refractivity contribution in [1.82, 2.24) is 25.3 Å². The van der Waals surface area contributed by atoms with Crippen LogP contribution in [0.2, 0.25) is 0 Å².